The summed E-state index contributed by atoms with van der Waals surface area (Å²) in [6.45, 7) is 3.91. The van der Waals surface area contributed by atoms with Gasteiger partial charge in [-0.1, -0.05) is 0 Å². The van der Waals surface area contributed by atoms with Crippen LogP contribution in [0.2, 0.25) is 0 Å². The number of carbonyl (C=O) groups excluding carboxylic acids is 1. The maximum atomic E-state index is 12.2. The molecule has 8 nitrogen and oxygen atoms in total. The Balaban J connectivity index is 1.49. The van der Waals surface area contributed by atoms with Crippen LogP contribution in [0.15, 0.2) is 35.1 Å². The van der Waals surface area contributed by atoms with E-state index in [4.69, 9.17) is 14.9 Å². The minimum absolute atomic E-state index is 0.129. The van der Waals surface area contributed by atoms with Crippen molar-refractivity contribution < 1.29 is 22.4 Å². The average molecular weight is 458 g/mol. The first-order chi connectivity index (χ1) is 15.4. The van der Waals surface area contributed by atoms with E-state index in [1.165, 1.54) is 0 Å². The normalized spacial score (nSPS) is 20.0. The van der Waals surface area contributed by atoms with E-state index in [1.54, 1.807) is 12.3 Å². The molecule has 0 radical (unpaired) electrons. The first-order valence-electron chi connectivity index (χ1n) is 10.9. The molecule has 2 aliphatic rings. The number of aromatic amines is 1. The first-order valence-corrected chi connectivity index (χ1v) is 12.7. The van der Waals surface area contributed by atoms with E-state index < -0.39 is 15.7 Å². The predicted octanol–water partition coefficient (Wildman–Crippen LogP) is 2.65. The summed E-state index contributed by atoms with van der Waals surface area (Å²) in [6, 6.07) is 5.83. The summed E-state index contributed by atoms with van der Waals surface area (Å²) < 4.78 is 34.9. The highest BCUT2D eigenvalue weighted by atomic mass is 32.2. The minimum Gasteiger partial charge on any atom is -0.467 e. The maximum absolute atomic E-state index is 12.2. The summed E-state index contributed by atoms with van der Waals surface area (Å²) in [4.78, 5) is 17.7. The molecule has 0 saturated carbocycles. The summed E-state index contributed by atoms with van der Waals surface area (Å²) in [5.41, 5.74) is 9.59. The SMILES string of the molecule is NC(=O)c1cc(-c2coc(CN3CCOCC3)c2)cc2c(C3CCS(=O)(=O)CC3)c[nH]c12. The fourth-order valence-electron chi connectivity index (χ4n) is 4.75. The Kier molecular flexibility index (Phi) is 5.56. The van der Waals surface area contributed by atoms with Crippen molar-refractivity contribution in [2.75, 3.05) is 37.8 Å². The number of sulfone groups is 1. The van der Waals surface area contributed by atoms with Gasteiger partial charge >= 0.3 is 0 Å². The zero-order chi connectivity index (χ0) is 22.3. The molecule has 0 spiro atoms. The van der Waals surface area contributed by atoms with Crippen LogP contribution in [-0.2, 0) is 21.1 Å². The molecule has 4 heterocycles. The van der Waals surface area contributed by atoms with Gasteiger partial charge < -0.3 is 19.9 Å². The second-order valence-electron chi connectivity index (χ2n) is 8.67. The number of aromatic nitrogens is 1. The largest absolute Gasteiger partial charge is 0.467 e. The average Bonchev–Trinajstić information content (AvgIpc) is 3.41. The molecule has 0 bridgehead atoms. The fraction of sp³-hybridized carbons (Fsp3) is 0.435. The molecule has 2 saturated heterocycles. The lowest BCUT2D eigenvalue weighted by Crippen LogP contribution is -2.35. The van der Waals surface area contributed by atoms with Gasteiger partial charge in [0.1, 0.15) is 15.6 Å². The highest BCUT2D eigenvalue weighted by Gasteiger charge is 2.27. The van der Waals surface area contributed by atoms with Crippen molar-refractivity contribution in [3.63, 3.8) is 0 Å². The van der Waals surface area contributed by atoms with Crippen LogP contribution in [0, 0.1) is 0 Å². The van der Waals surface area contributed by atoms with Gasteiger partial charge in [0.05, 0.1) is 48.6 Å². The molecule has 1 aromatic carbocycles. The Hall–Kier alpha value is -2.62. The molecule has 2 aromatic heterocycles. The number of H-pyrrole nitrogens is 1. The van der Waals surface area contributed by atoms with Crippen LogP contribution < -0.4 is 5.73 Å². The van der Waals surface area contributed by atoms with Gasteiger partial charge in [-0.05, 0) is 48.1 Å². The van der Waals surface area contributed by atoms with E-state index in [-0.39, 0.29) is 17.4 Å². The number of carbonyl (C=O) groups is 1. The van der Waals surface area contributed by atoms with Crippen molar-refractivity contribution in [3.05, 3.63) is 47.5 Å². The smallest absolute Gasteiger partial charge is 0.250 e. The number of rotatable bonds is 5. The molecule has 2 aliphatic heterocycles. The molecule has 170 valence electrons. The van der Waals surface area contributed by atoms with Crippen molar-refractivity contribution >= 4 is 26.6 Å². The van der Waals surface area contributed by atoms with Gasteiger partial charge in [-0.3, -0.25) is 9.69 Å². The second-order valence-corrected chi connectivity index (χ2v) is 11.0. The Bertz CT molecular complexity index is 1240. The number of hydrogen-bond donors (Lipinski definition) is 2. The molecule has 9 heteroatoms. The number of benzene rings is 1. The van der Waals surface area contributed by atoms with Crippen LogP contribution in [0.3, 0.4) is 0 Å². The Morgan fingerprint density at radius 2 is 1.88 bits per heavy atom. The third-order valence-electron chi connectivity index (χ3n) is 6.55. The van der Waals surface area contributed by atoms with Crippen molar-refractivity contribution in [2.45, 2.75) is 25.3 Å². The number of hydrogen-bond acceptors (Lipinski definition) is 6. The highest BCUT2D eigenvalue weighted by molar-refractivity contribution is 7.91. The van der Waals surface area contributed by atoms with Gasteiger partial charge in [0.2, 0.25) is 0 Å². The van der Waals surface area contributed by atoms with Gasteiger partial charge in [-0.2, -0.15) is 0 Å². The van der Waals surface area contributed by atoms with Crippen LogP contribution in [-0.4, -0.2) is 62.0 Å². The van der Waals surface area contributed by atoms with Gasteiger partial charge in [-0.25, -0.2) is 8.42 Å². The molecule has 0 atom stereocenters. The van der Waals surface area contributed by atoms with Gasteiger partial charge in [0.15, 0.2) is 0 Å². The van der Waals surface area contributed by atoms with E-state index in [1.807, 2.05) is 18.3 Å². The van der Waals surface area contributed by atoms with Crippen LogP contribution in [0.4, 0.5) is 0 Å². The number of amides is 1. The molecule has 0 aliphatic carbocycles. The highest BCUT2D eigenvalue weighted by Crippen LogP contribution is 2.37. The number of furan rings is 1. The van der Waals surface area contributed by atoms with Gasteiger partial charge in [-0.15, -0.1) is 0 Å². The topological polar surface area (TPSA) is 119 Å². The van der Waals surface area contributed by atoms with E-state index in [0.29, 0.717) is 30.5 Å². The molecule has 0 unspecified atom stereocenters. The summed E-state index contributed by atoms with van der Waals surface area (Å²) in [5.74, 6) is 0.867. The lowest BCUT2D eigenvalue weighted by atomic mass is 9.91. The summed E-state index contributed by atoms with van der Waals surface area (Å²) in [5, 5.41) is 0.913. The van der Waals surface area contributed by atoms with Crippen LogP contribution in [0.25, 0.3) is 22.0 Å². The van der Waals surface area contributed by atoms with E-state index in [2.05, 4.69) is 9.88 Å². The zero-order valence-corrected chi connectivity index (χ0v) is 18.6. The van der Waals surface area contributed by atoms with Gasteiger partial charge in [0.25, 0.3) is 5.91 Å². The molecule has 3 N–H and O–H groups in total. The second kappa shape index (κ2) is 8.38. The van der Waals surface area contributed by atoms with Crippen LogP contribution in [0.1, 0.15) is 40.4 Å². The summed E-state index contributed by atoms with van der Waals surface area (Å²) in [7, 11) is -2.95. The lowest BCUT2D eigenvalue weighted by molar-refractivity contribution is 0.0313. The Labute approximate surface area is 186 Å². The molecular formula is C23H27N3O5S. The monoisotopic (exact) mass is 457 g/mol. The maximum Gasteiger partial charge on any atom is 0.250 e. The molecule has 2 fully saturated rings. The number of nitrogens with zero attached hydrogens (tertiary/aromatic N) is 1. The summed E-state index contributed by atoms with van der Waals surface area (Å²) >= 11 is 0. The number of morpholine rings is 1. The number of ether oxygens (including phenoxy) is 1. The molecule has 5 rings (SSSR count). The Morgan fingerprint density at radius 1 is 1.12 bits per heavy atom. The lowest BCUT2D eigenvalue weighted by Gasteiger charge is -2.25. The summed E-state index contributed by atoms with van der Waals surface area (Å²) in [6.07, 6.45) is 4.77. The molecule has 1 amide bonds. The Morgan fingerprint density at radius 3 is 2.59 bits per heavy atom. The van der Waals surface area contributed by atoms with Crippen LogP contribution in [0.5, 0.6) is 0 Å². The van der Waals surface area contributed by atoms with Gasteiger partial charge in [0, 0.05) is 30.2 Å². The van der Waals surface area contributed by atoms with Crippen molar-refractivity contribution in [2.24, 2.45) is 5.73 Å². The third kappa shape index (κ3) is 4.20. The minimum atomic E-state index is -2.95. The molecule has 3 aromatic rings. The van der Waals surface area contributed by atoms with E-state index in [0.717, 1.165) is 54.1 Å². The standard InChI is InChI=1S/C23H27N3O5S/c24-23(27)20-11-16(17-9-18(31-14-17)13-26-3-5-30-6-4-26)10-19-21(12-25-22(19)20)15-1-7-32(28,29)8-2-15/h9-12,14-15,25H,1-8,13H2,(H2,24,27). The predicted molar refractivity (Wildman–Crippen MR) is 121 cm³/mol. The number of primary amides is 1. The first kappa shape index (κ1) is 21.2. The number of nitrogens with two attached hydrogens (primary N) is 1. The zero-order valence-electron chi connectivity index (χ0n) is 17.8. The fourth-order valence-corrected chi connectivity index (χ4v) is 6.24. The molecule has 32 heavy (non-hydrogen) atoms. The van der Waals surface area contributed by atoms with Crippen LogP contribution >= 0.6 is 0 Å². The van der Waals surface area contributed by atoms with E-state index in [9.17, 15) is 13.2 Å². The molecular weight excluding hydrogens is 430 g/mol. The third-order valence-corrected chi connectivity index (χ3v) is 8.27. The van der Waals surface area contributed by atoms with Crippen molar-refractivity contribution in [1.82, 2.24) is 9.88 Å². The van der Waals surface area contributed by atoms with E-state index >= 15 is 0 Å². The number of fused-ring (bicyclic) bond motifs is 1. The van der Waals surface area contributed by atoms with Crippen molar-refractivity contribution in [3.8, 4) is 11.1 Å². The number of nitrogens with one attached hydrogen (secondary N) is 1. The quantitative estimate of drug-likeness (QED) is 0.608. The van der Waals surface area contributed by atoms with Crippen molar-refractivity contribution in [1.29, 1.82) is 0 Å².